The first-order valence-corrected chi connectivity index (χ1v) is 36.2. The molecule has 2 atom stereocenters. The van der Waals surface area contributed by atoms with E-state index in [-0.39, 0.29) is 75.2 Å². The molecule has 584 valence electrons. The van der Waals surface area contributed by atoms with Crippen molar-refractivity contribution in [2.75, 3.05) is 45.9 Å². The maximum absolute atomic E-state index is 13.2. The molecule has 10 aromatic rings. The van der Waals surface area contributed by atoms with Crippen LogP contribution in [-0.4, -0.2) is 155 Å². The largest absolute Gasteiger partial charge is 0.465 e. The minimum atomic E-state index is -0.574. The zero-order chi connectivity index (χ0) is 79.4. The number of hydrogen-bond donors (Lipinski definition) is 2. The van der Waals surface area contributed by atoms with Gasteiger partial charge in [-0.25, -0.2) is 39.9 Å². The van der Waals surface area contributed by atoms with Gasteiger partial charge in [0, 0.05) is 66.9 Å². The van der Waals surface area contributed by atoms with Crippen LogP contribution in [0.15, 0.2) is 146 Å². The van der Waals surface area contributed by atoms with E-state index in [1.54, 1.807) is 27.7 Å². The minimum Gasteiger partial charge on any atom is -0.465 e. The van der Waals surface area contributed by atoms with Crippen LogP contribution in [0.3, 0.4) is 0 Å². The molecule has 8 aromatic heterocycles. The maximum atomic E-state index is 13.2. The van der Waals surface area contributed by atoms with Gasteiger partial charge in [0.25, 0.3) is 0 Å². The van der Waals surface area contributed by atoms with Crippen LogP contribution >= 0.6 is 23.2 Å². The number of rotatable bonds is 16. The van der Waals surface area contributed by atoms with E-state index in [4.69, 9.17) is 96.1 Å². The molecule has 0 saturated carbocycles. The Morgan fingerprint density at radius 3 is 1.19 bits per heavy atom. The van der Waals surface area contributed by atoms with Gasteiger partial charge in [-0.15, -0.1) is 23.2 Å². The van der Waals surface area contributed by atoms with Gasteiger partial charge in [-0.05, 0) is 139 Å². The van der Waals surface area contributed by atoms with Crippen molar-refractivity contribution in [3.05, 3.63) is 168 Å². The summed E-state index contributed by atoms with van der Waals surface area (Å²) >= 11 is 11.9. The molecule has 0 spiro atoms. The van der Waals surface area contributed by atoms with Crippen LogP contribution in [0.1, 0.15) is 141 Å². The van der Waals surface area contributed by atoms with Gasteiger partial charge in [0.2, 0.25) is 0 Å². The lowest BCUT2D eigenvalue weighted by molar-refractivity contribution is -0.193. The van der Waals surface area contributed by atoms with Crippen LogP contribution < -0.4 is 10.6 Å². The molecule has 11 rings (SSSR count). The second kappa shape index (κ2) is 43.7. The van der Waals surface area contributed by atoms with E-state index in [1.165, 1.54) is 0 Å². The number of nitrogens with one attached hydrogen (secondary N) is 2. The van der Waals surface area contributed by atoms with Gasteiger partial charge in [0.05, 0.1) is 122 Å². The van der Waals surface area contributed by atoms with E-state index in [0.29, 0.717) is 44.5 Å². The van der Waals surface area contributed by atoms with Crippen molar-refractivity contribution in [3.8, 4) is 45.6 Å². The van der Waals surface area contributed by atoms with Crippen LogP contribution in [0.4, 0.5) is 0 Å². The summed E-state index contributed by atoms with van der Waals surface area (Å²) in [4.78, 5) is 130. The molecule has 9 heterocycles. The van der Waals surface area contributed by atoms with Crippen molar-refractivity contribution in [1.82, 2.24) is 60.3 Å². The van der Waals surface area contributed by atoms with Gasteiger partial charge in [-0.3, -0.25) is 29.5 Å². The molecule has 8 bridgehead atoms. The van der Waals surface area contributed by atoms with Crippen LogP contribution in [0, 0.1) is 10.8 Å². The van der Waals surface area contributed by atoms with Crippen molar-refractivity contribution < 1.29 is 57.4 Å². The molecule has 0 aliphatic carbocycles. The van der Waals surface area contributed by atoms with Crippen LogP contribution in [0.2, 0.25) is 0 Å². The Morgan fingerprint density at radius 2 is 0.836 bits per heavy atom. The first kappa shape index (κ1) is 92.0. The number of alkyl halides is 2. The van der Waals surface area contributed by atoms with Gasteiger partial charge in [-0.1, -0.05) is 136 Å². The molecular formula is C84H102Cl2N12O12. The summed E-state index contributed by atoms with van der Waals surface area (Å²) in [5, 5.41) is 10.2. The van der Waals surface area contributed by atoms with Gasteiger partial charge >= 0.3 is 36.4 Å². The highest BCUT2D eigenvalue weighted by atomic mass is 35.5. The number of benzene rings is 2. The molecule has 110 heavy (non-hydrogen) atoms. The minimum absolute atomic E-state index is 0. The Morgan fingerprint density at radius 1 is 0.482 bits per heavy atom. The number of ether oxygens (including phenoxy) is 3. The fourth-order valence-corrected chi connectivity index (χ4v) is 11.8. The number of pyridine rings is 8. The van der Waals surface area contributed by atoms with Crippen LogP contribution in [-0.2, 0) is 82.2 Å². The van der Waals surface area contributed by atoms with Crippen molar-refractivity contribution in [2.45, 2.75) is 166 Å². The number of nitrogens with zero attached hydrogens (tertiary/aromatic N) is 10. The SMILES string of the molecule is C.C.CCC1CN(CC(=O)OC(C)(C)C)Cc2cccc(n2)-c2ccc3ccc4ccc(nc4c3n2)-c2cccc(n2)CN1CC(C)(C)C.CCOC(=O)C(CNCC(C)(C)C)NCC(=O)OC(C)(C)C.ClCc1cccc(-c2ccc3ccc4ccc(-c5cccc(CCl)n5)nc4c3n2)n1.O=C=O.O=C=O.O=C=O. The van der Waals surface area contributed by atoms with Gasteiger partial charge in [0.15, 0.2) is 0 Å². The molecule has 1 aliphatic heterocycles. The van der Waals surface area contributed by atoms with Gasteiger partial charge < -0.3 is 19.5 Å². The molecule has 2 aromatic carbocycles. The third-order valence-electron chi connectivity index (χ3n) is 15.7. The number of esters is 3. The molecule has 24 nitrogen and oxygen atoms in total. The summed E-state index contributed by atoms with van der Waals surface area (Å²) < 4.78 is 16.0. The summed E-state index contributed by atoms with van der Waals surface area (Å²) in [5.74, 6) is -0.269. The topological polar surface area (TPSA) is 315 Å². The van der Waals surface area contributed by atoms with E-state index >= 15 is 0 Å². The standard InChI is InChI=1S/C39H46N6O2.C24H16Cl2N4.C16H32N2O4.3CO2.2CH4/c1-8-30-23-44(24-35(46)47-39(5,6)7)21-28-11-9-13-31(40-28)33-19-17-26-15-16-27-18-20-34(43-37(27)36(26)42-33)32-14-10-12-29(41-32)22-45(30)25-38(2,3)4;25-13-17-3-1-5-19(27-17)21-11-9-15-7-8-16-10-12-22(30-24(16)23(15)29-21)20-6-2-4-18(14-26)28-20;1-8-21-14(20)12(9-17-11-15(2,3)4)18-10-13(19)22-16(5,6)7;3*2-1-3;;/h9-20,30H,8,21-25H2,1-7H3;1-12H,13-14H2;12,17-18H,8-11H2,1-7H3;;;;2*1H4. The Balaban J connectivity index is 0.000000349. The maximum Gasteiger partial charge on any atom is 0.373 e. The third-order valence-corrected chi connectivity index (χ3v) is 16.3. The van der Waals surface area contributed by atoms with Crippen LogP contribution in [0.5, 0.6) is 0 Å². The Kier molecular flexibility index (Phi) is 36.6. The normalized spacial score (nSPS) is 13.1. The fourth-order valence-electron chi connectivity index (χ4n) is 11.5. The summed E-state index contributed by atoms with van der Waals surface area (Å²) in [5.41, 5.74) is 12.3. The number of carbonyl (C=O) groups excluding carboxylic acids is 9. The monoisotopic (exact) mass is 1540 g/mol. The second-order valence-corrected chi connectivity index (χ2v) is 30.1. The lowest BCUT2D eigenvalue weighted by atomic mass is 9.94. The summed E-state index contributed by atoms with van der Waals surface area (Å²) in [6, 6.07) is 48.0. The Bertz CT molecular complexity index is 4650. The van der Waals surface area contributed by atoms with E-state index < -0.39 is 23.2 Å². The van der Waals surface area contributed by atoms with Gasteiger partial charge in [0.1, 0.15) is 17.2 Å². The molecule has 2 N–H and O–H groups in total. The van der Waals surface area contributed by atoms with Crippen LogP contribution in [0.25, 0.3) is 89.2 Å². The van der Waals surface area contributed by atoms with E-state index in [2.05, 4.69) is 127 Å². The number of carbonyl (C=O) groups is 3. The lowest BCUT2D eigenvalue weighted by Crippen LogP contribution is -2.49. The molecule has 0 radical (unpaired) electrons. The molecule has 0 saturated heterocycles. The average Bonchev–Trinajstić information content (AvgIpc) is 0.775. The zero-order valence-electron chi connectivity index (χ0n) is 63.6. The van der Waals surface area contributed by atoms with E-state index in [9.17, 15) is 14.4 Å². The highest BCUT2D eigenvalue weighted by Gasteiger charge is 2.29. The highest BCUT2D eigenvalue weighted by molar-refractivity contribution is 6.17. The molecule has 1 aliphatic rings. The molecule has 2 unspecified atom stereocenters. The van der Waals surface area contributed by atoms with Crippen molar-refractivity contribution in [3.63, 3.8) is 0 Å². The predicted molar refractivity (Wildman–Crippen MR) is 426 cm³/mol. The zero-order valence-corrected chi connectivity index (χ0v) is 65.1. The summed E-state index contributed by atoms with van der Waals surface area (Å²) in [6.07, 6.45) is 1.66. The molecule has 26 heteroatoms. The van der Waals surface area contributed by atoms with E-state index in [0.717, 1.165) is 131 Å². The Hall–Kier alpha value is -10.3. The molecule has 0 amide bonds. The van der Waals surface area contributed by atoms with Crippen molar-refractivity contribution >= 4 is 103 Å². The predicted octanol–water partition coefficient (Wildman–Crippen LogP) is 15.1. The summed E-state index contributed by atoms with van der Waals surface area (Å²) in [6.45, 7) is 32.6. The number of halogens is 2. The summed E-state index contributed by atoms with van der Waals surface area (Å²) in [7, 11) is 0. The highest BCUT2D eigenvalue weighted by Crippen LogP contribution is 2.32. The number of fused-ring (bicyclic) bond motifs is 11. The molecular weight excluding hydrogens is 1440 g/mol. The number of hydrogen-bond acceptors (Lipinski definition) is 24. The number of aromatic nitrogens is 8. The first-order chi connectivity index (χ1) is 51.3. The van der Waals surface area contributed by atoms with Crippen molar-refractivity contribution in [1.29, 1.82) is 0 Å². The van der Waals surface area contributed by atoms with Crippen molar-refractivity contribution in [2.24, 2.45) is 10.8 Å². The first-order valence-electron chi connectivity index (χ1n) is 35.1. The smallest absolute Gasteiger partial charge is 0.373 e. The second-order valence-electron chi connectivity index (χ2n) is 29.5. The quantitative estimate of drug-likeness (QED) is 0.0393. The fraction of sp³-hybridized carbons (Fsp3) is 0.405. The Labute approximate surface area is 654 Å². The van der Waals surface area contributed by atoms with E-state index in [1.807, 2.05) is 118 Å². The molecule has 0 fully saturated rings. The third kappa shape index (κ3) is 29.6. The van der Waals surface area contributed by atoms with Gasteiger partial charge in [-0.2, -0.15) is 28.8 Å². The average molecular weight is 1540 g/mol. The lowest BCUT2D eigenvalue weighted by Gasteiger charge is -2.38.